The number of nitrogens with two attached hydrogens (primary N) is 1. The molecule has 14 heteroatoms. The lowest BCUT2D eigenvalue weighted by Gasteiger charge is -2.37. The van der Waals surface area contributed by atoms with Crippen LogP contribution in [0.4, 0.5) is 0 Å². The fourth-order valence-electron chi connectivity index (χ4n) is 5.28. The molecule has 3 aromatic rings. The normalized spacial score (nSPS) is 16.5. The highest BCUT2D eigenvalue weighted by Crippen LogP contribution is 2.38. The van der Waals surface area contributed by atoms with E-state index in [4.69, 9.17) is 17.3 Å². The quantitative estimate of drug-likeness (QED) is 0.172. The Morgan fingerprint density at radius 2 is 1.69 bits per heavy atom. The van der Waals surface area contributed by atoms with Crippen molar-refractivity contribution in [2.45, 2.75) is 50.2 Å². The van der Waals surface area contributed by atoms with E-state index in [0.29, 0.717) is 29.8 Å². The number of primary amides is 1. The SMILES string of the molecule is NC(=O)C(Cc1ccc2ccccc2c1)NC(=O)C1CCCCN1C(=O)C(CSCP(=O)(O)O)NC(=O)Cc1ccccc1Cl. The monoisotopic (exact) mass is 674 g/mol. The van der Waals surface area contributed by atoms with E-state index < -0.39 is 54.8 Å². The zero-order chi connectivity index (χ0) is 32.6. The van der Waals surface area contributed by atoms with Gasteiger partial charge >= 0.3 is 7.60 Å². The van der Waals surface area contributed by atoms with Crippen LogP contribution in [0.5, 0.6) is 0 Å². The van der Waals surface area contributed by atoms with Crippen LogP contribution >= 0.6 is 31.0 Å². The van der Waals surface area contributed by atoms with E-state index >= 15 is 0 Å². The van der Waals surface area contributed by atoms with Crippen LogP contribution in [0, 0.1) is 0 Å². The summed E-state index contributed by atoms with van der Waals surface area (Å²) in [6.45, 7) is 0.225. The number of halogens is 1. The Morgan fingerprint density at radius 3 is 2.40 bits per heavy atom. The van der Waals surface area contributed by atoms with Crippen molar-refractivity contribution >= 4 is 65.4 Å². The highest BCUT2D eigenvalue weighted by molar-refractivity contribution is 8.04. The number of nitrogens with one attached hydrogen (secondary N) is 2. The maximum absolute atomic E-state index is 13.9. The van der Waals surface area contributed by atoms with Gasteiger partial charge in [-0.2, -0.15) is 0 Å². The second-order valence-corrected chi connectivity index (χ2v) is 14.5. The molecule has 0 radical (unpaired) electrons. The number of piperidine rings is 1. The molecule has 4 amide bonds. The molecule has 0 bridgehead atoms. The molecule has 3 aromatic carbocycles. The number of benzene rings is 3. The van der Waals surface area contributed by atoms with Crippen LogP contribution in [-0.4, -0.2) is 74.2 Å². The summed E-state index contributed by atoms with van der Waals surface area (Å²) >= 11 is 7.02. The standard InChI is InChI=1S/C31H36ClN4O7PS/c32-24-10-4-3-9-23(24)17-28(37)34-26(18-45-19-44(41,42)43)31(40)36-14-6-5-11-27(36)30(39)35-25(29(33)38)16-20-12-13-21-7-1-2-8-22(21)15-20/h1-4,7-10,12-13,15,25-27H,5-6,11,14,16-19H2,(H2,33,38)(H,34,37)(H,35,39)(H2,41,42,43). The maximum atomic E-state index is 13.9. The van der Waals surface area contributed by atoms with Gasteiger partial charge in [0.1, 0.15) is 18.1 Å². The van der Waals surface area contributed by atoms with Crippen molar-refractivity contribution in [3.05, 3.63) is 82.9 Å². The summed E-state index contributed by atoms with van der Waals surface area (Å²) in [5.74, 6) is -2.47. The molecular weight excluding hydrogens is 639 g/mol. The van der Waals surface area contributed by atoms with Crippen molar-refractivity contribution in [2.24, 2.45) is 5.73 Å². The fraction of sp³-hybridized carbons (Fsp3) is 0.355. The van der Waals surface area contributed by atoms with E-state index in [9.17, 15) is 33.5 Å². The van der Waals surface area contributed by atoms with Crippen molar-refractivity contribution in [3.8, 4) is 0 Å². The minimum atomic E-state index is -4.38. The summed E-state index contributed by atoms with van der Waals surface area (Å²) in [6.07, 6.45) is 1.64. The Morgan fingerprint density at radius 1 is 0.978 bits per heavy atom. The third-order valence-corrected chi connectivity index (χ3v) is 10.5. The summed E-state index contributed by atoms with van der Waals surface area (Å²) in [5, 5.41) is 7.80. The Bertz CT molecular complexity index is 1600. The lowest BCUT2D eigenvalue weighted by atomic mass is 9.98. The molecular formula is C31H36ClN4O7PS. The molecule has 1 aliphatic heterocycles. The number of carbonyl (C=O) groups is 4. The van der Waals surface area contributed by atoms with Gasteiger partial charge in [-0.05, 0) is 47.2 Å². The second kappa shape index (κ2) is 15.7. The average Bonchev–Trinajstić information content (AvgIpc) is 3.00. The Labute approximate surface area is 270 Å². The fourth-order valence-corrected chi connectivity index (χ4v) is 7.32. The van der Waals surface area contributed by atoms with Crippen LogP contribution in [-0.2, 0) is 36.6 Å². The topological polar surface area (TPSA) is 179 Å². The largest absolute Gasteiger partial charge is 0.368 e. The number of likely N-dealkylation sites (tertiary alicyclic amines) is 1. The Hall–Kier alpha value is -3.41. The van der Waals surface area contributed by atoms with E-state index in [0.717, 1.165) is 28.1 Å². The molecule has 3 atom stereocenters. The van der Waals surface area contributed by atoms with Gasteiger partial charge in [-0.3, -0.25) is 23.7 Å². The highest BCUT2D eigenvalue weighted by Gasteiger charge is 2.37. The van der Waals surface area contributed by atoms with Gasteiger partial charge in [0.05, 0.1) is 11.9 Å². The second-order valence-electron chi connectivity index (χ2n) is 10.9. The maximum Gasteiger partial charge on any atom is 0.335 e. The minimum Gasteiger partial charge on any atom is -0.368 e. The van der Waals surface area contributed by atoms with Gasteiger partial charge < -0.3 is 31.1 Å². The van der Waals surface area contributed by atoms with Crippen LogP contribution in [0.25, 0.3) is 10.8 Å². The molecule has 0 aliphatic carbocycles. The average molecular weight is 675 g/mol. The summed E-state index contributed by atoms with van der Waals surface area (Å²) in [5.41, 5.74) is 6.48. The van der Waals surface area contributed by atoms with Crippen LogP contribution in [0.1, 0.15) is 30.4 Å². The Kier molecular flexibility index (Phi) is 12.0. The van der Waals surface area contributed by atoms with E-state index in [1.807, 2.05) is 42.5 Å². The first kappa shape index (κ1) is 34.5. The van der Waals surface area contributed by atoms with Gasteiger partial charge in [0.15, 0.2) is 0 Å². The predicted molar refractivity (Wildman–Crippen MR) is 175 cm³/mol. The van der Waals surface area contributed by atoms with Crippen molar-refractivity contribution in [3.63, 3.8) is 0 Å². The smallest absolute Gasteiger partial charge is 0.335 e. The first-order chi connectivity index (χ1) is 21.4. The molecule has 3 unspecified atom stereocenters. The lowest BCUT2D eigenvalue weighted by Crippen LogP contribution is -2.60. The molecule has 0 saturated carbocycles. The van der Waals surface area contributed by atoms with E-state index in [2.05, 4.69) is 10.6 Å². The molecule has 45 heavy (non-hydrogen) atoms. The van der Waals surface area contributed by atoms with E-state index in [1.165, 1.54) is 4.90 Å². The molecule has 240 valence electrons. The summed E-state index contributed by atoms with van der Waals surface area (Å²) in [6, 6.07) is 17.1. The van der Waals surface area contributed by atoms with E-state index in [-0.39, 0.29) is 25.1 Å². The third kappa shape index (κ3) is 10.0. The first-order valence-corrected chi connectivity index (χ1v) is 17.8. The van der Waals surface area contributed by atoms with Crippen molar-refractivity contribution in [1.82, 2.24) is 15.5 Å². The third-order valence-electron chi connectivity index (χ3n) is 7.49. The summed E-state index contributed by atoms with van der Waals surface area (Å²) in [4.78, 5) is 72.9. The minimum absolute atomic E-state index is 0.119. The molecule has 6 N–H and O–H groups in total. The van der Waals surface area contributed by atoms with Crippen molar-refractivity contribution in [2.75, 3.05) is 17.8 Å². The molecule has 0 aromatic heterocycles. The zero-order valence-corrected chi connectivity index (χ0v) is 26.9. The number of fused-ring (bicyclic) bond motifs is 1. The highest BCUT2D eigenvalue weighted by atomic mass is 35.5. The number of hydrogen-bond donors (Lipinski definition) is 5. The van der Waals surface area contributed by atoms with Gasteiger partial charge in [0.2, 0.25) is 23.6 Å². The Balaban J connectivity index is 1.48. The number of amides is 4. The molecule has 1 saturated heterocycles. The molecule has 1 heterocycles. The number of carbonyl (C=O) groups excluding carboxylic acids is 4. The molecule has 1 fully saturated rings. The summed E-state index contributed by atoms with van der Waals surface area (Å²) < 4.78 is 11.5. The lowest BCUT2D eigenvalue weighted by molar-refractivity contribution is -0.145. The number of nitrogens with zero attached hydrogens (tertiary/aromatic N) is 1. The van der Waals surface area contributed by atoms with Crippen molar-refractivity contribution < 1.29 is 33.5 Å². The molecule has 0 spiro atoms. The number of hydrogen-bond acceptors (Lipinski definition) is 6. The predicted octanol–water partition coefficient (Wildman–Crippen LogP) is 2.98. The van der Waals surface area contributed by atoms with Gasteiger partial charge in [0, 0.05) is 23.7 Å². The first-order valence-electron chi connectivity index (χ1n) is 14.4. The zero-order valence-electron chi connectivity index (χ0n) is 24.4. The summed E-state index contributed by atoms with van der Waals surface area (Å²) in [7, 11) is -4.38. The van der Waals surface area contributed by atoms with Gasteiger partial charge in [-0.25, -0.2) is 0 Å². The van der Waals surface area contributed by atoms with Crippen LogP contribution in [0.3, 0.4) is 0 Å². The van der Waals surface area contributed by atoms with Gasteiger partial charge in [-0.1, -0.05) is 72.3 Å². The van der Waals surface area contributed by atoms with Crippen LogP contribution in [0.15, 0.2) is 66.7 Å². The molecule has 11 nitrogen and oxygen atoms in total. The molecule has 4 rings (SSSR count). The van der Waals surface area contributed by atoms with Crippen LogP contribution in [0.2, 0.25) is 5.02 Å². The number of thioether (sulfide) groups is 1. The molecule has 1 aliphatic rings. The van der Waals surface area contributed by atoms with Gasteiger partial charge in [0.25, 0.3) is 0 Å². The number of rotatable bonds is 13. The van der Waals surface area contributed by atoms with Gasteiger partial charge in [-0.15, -0.1) is 11.8 Å². The van der Waals surface area contributed by atoms with Crippen molar-refractivity contribution in [1.29, 1.82) is 0 Å². The van der Waals surface area contributed by atoms with Crippen LogP contribution < -0.4 is 16.4 Å². The van der Waals surface area contributed by atoms with E-state index in [1.54, 1.807) is 24.3 Å².